The van der Waals surface area contributed by atoms with Crippen LogP contribution in [0.2, 0.25) is 0 Å². The molecule has 0 radical (unpaired) electrons. The maximum atomic E-state index is 12.2. The van der Waals surface area contributed by atoms with Gasteiger partial charge in [-0.25, -0.2) is 0 Å². The number of nitriles is 1. The average Bonchev–Trinajstić information content (AvgIpc) is 2.56. The summed E-state index contributed by atoms with van der Waals surface area (Å²) in [5.41, 5.74) is 2.73. The molecule has 1 N–H and O–H groups in total. The molecule has 23 heavy (non-hydrogen) atoms. The molecule has 0 unspecified atom stereocenters. The number of aryl methyl sites for hydroxylation is 1. The highest BCUT2D eigenvalue weighted by atomic mass is 16.2. The molecule has 0 aromatic heterocycles. The predicted molar refractivity (Wildman–Crippen MR) is 87.9 cm³/mol. The fraction of sp³-hybridized carbons (Fsp3) is 0.167. The van der Waals surface area contributed by atoms with E-state index in [2.05, 4.69) is 5.32 Å². The summed E-state index contributed by atoms with van der Waals surface area (Å²) >= 11 is 0. The van der Waals surface area contributed by atoms with Crippen LogP contribution in [0.4, 0.5) is 5.69 Å². The van der Waals surface area contributed by atoms with E-state index in [0.29, 0.717) is 16.8 Å². The van der Waals surface area contributed by atoms with Crippen molar-refractivity contribution >= 4 is 17.5 Å². The molecule has 2 aromatic rings. The Balaban J connectivity index is 1.95. The summed E-state index contributed by atoms with van der Waals surface area (Å²) in [4.78, 5) is 25.6. The van der Waals surface area contributed by atoms with Crippen LogP contribution in [0.1, 0.15) is 21.5 Å². The van der Waals surface area contributed by atoms with E-state index >= 15 is 0 Å². The minimum atomic E-state index is -0.270. The third-order valence-electron chi connectivity index (χ3n) is 3.32. The number of anilines is 1. The van der Waals surface area contributed by atoms with E-state index in [1.807, 2.05) is 37.3 Å². The van der Waals surface area contributed by atoms with Crippen molar-refractivity contribution in [3.8, 4) is 6.07 Å². The minimum absolute atomic E-state index is 0.0489. The van der Waals surface area contributed by atoms with Gasteiger partial charge >= 0.3 is 0 Å². The molecule has 0 saturated heterocycles. The lowest BCUT2D eigenvalue weighted by molar-refractivity contribution is -0.116. The van der Waals surface area contributed by atoms with Crippen LogP contribution in [0, 0.1) is 18.3 Å². The number of amides is 2. The Morgan fingerprint density at radius 2 is 1.70 bits per heavy atom. The van der Waals surface area contributed by atoms with Crippen LogP contribution in [-0.4, -0.2) is 30.3 Å². The zero-order valence-electron chi connectivity index (χ0n) is 13.0. The van der Waals surface area contributed by atoms with Gasteiger partial charge in [-0.3, -0.25) is 9.59 Å². The van der Waals surface area contributed by atoms with Gasteiger partial charge in [0.15, 0.2) is 0 Å². The van der Waals surface area contributed by atoms with Crippen molar-refractivity contribution in [2.45, 2.75) is 6.92 Å². The molecule has 0 aliphatic heterocycles. The van der Waals surface area contributed by atoms with Gasteiger partial charge in [0, 0.05) is 18.3 Å². The number of benzene rings is 2. The van der Waals surface area contributed by atoms with Crippen molar-refractivity contribution in [2.75, 3.05) is 18.9 Å². The molecule has 5 heteroatoms. The van der Waals surface area contributed by atoms with Gasteiger partial charge in [0.25, 0.3) is 5.91 Å². The number of carbonyl (C=O) groups excluding carboxylic acids is 2. The third-order valence-corrected chi connectivity index (χ3v) is 3.32. The summed E-state index contributed by atoms with van der Waals surface area (Å²) in [6, 6.07) is 15.7. The number of nitrogens with zero attached hydrogens (tertiary/aromatic N) is 2. The maximum absolute atomic E-state index is 12.2. The Bertz CT molecular complexity index is 743. The molecule has 116 valence electrons. The van der Waals surface area contributed by atoms with Crippen molar-refractivity contribution in [1.29, 1.82) is 5.26 Å². The highest BCUT2D eigenvalue weighted by Gasteiger charge is 2.15. The topological polar surface area (TPSA) is 73.2 Å². The molecule has 5 nitrogen and oxygen atoms in total. The molecular formula is C18H17N3O2. The standard InChI is InChI=1S/C18H17N3O2/c1-13-3-9-16(10-4-13)20-17(22)12-21(2)18(23)15-7-5-14(11-19)6-8-15/h3-10H,12H2,1-2H3,(H,20,22). The summed E-state index contributed by atoms with van der Waals surface area (Å²) in [5, 5.41) is 11.5. The molecule has 0 saturated carbocycles. The fourth-order valence-electron chi connectivity index (χ4n) is 2.03. The van der Waals surface area contributed by atoms with Crippen molar-refractivity contribution in [3.05, 3.63) is 65.2 Å². The van der Waals surface area contributed by atoms with Gasteiger partial charge in [0.05, 0.1) is 18.2 Å². The van der Waals surface area contributed by atoms with E-state index < -0.39 is 0 Å². The van der Waals surface area contributed by atoms with Crippen LogP contribution in [-0.2, 0) is 4.79 Å². The monoisotopic (exact) mass is 307 g/mol. The first kappa shape index (κ1) is 16.2. The van der Waals surface area contributed by atoms with E-state index in [0.717, 1.165) is 5.56 Å². The Morgan fingerprint density at radius 3 is 2.26 bits per heavy atom. The van der Waals surface area contributed by atoms with Gasteiger partial charge in [-0.2, -0.15) is 5.26 Å². The smallest absolute Gasteiger partial charge is 0.254 e. The van der Waals surface area contributed by atoms with Gasteiger partial charge < -0.3 is 10.2 Å². The number of hydrogen-bond acceptors (Lipinski definition) is 3. The van der Waals surface area contributed by atoms with Crippen molar-refractivity contribution in [1.82, 2.24) is 4.90 Å². The largest absolute Gasteiger partial charge is 0.332 e. The fourth-order valence-corrected chi connectivity index (χ4v) is 2.03. The average molecular weight is 307 g/mol. The molecule has 0 bridgehead atoms. The van der Waals surface area contributed by atoms with Crippen molar-refractivity contribution in [2.24, 2.45) is 0 Å². The highest BCUT2D eigenvalue weighted by molar-refractivity contribution is 5.99. The van der Waals surface area contributed by atoms with Crippen molar-refractivity contribution < 1.29 is 9.59 Å². The normalized spacial score (nSPS) is 9.78. The Kier molecular flexibility index (Phi) is 5.11. The van der Waals surface area contributed by atoms with E-state index in [-0.39, 0.29) is 18.4 Å². The summed E-state index contributed by atoms with van der Waals surface area (Å²) in [6.07, 6.45) is 0. The molecule has 2 aromatic carbocycles. The van der Waals surface area contributed by atoms with Crippen LogP contribution in [0.3, 0.4) is 0 Å². The first-order chi connectivity index (χ1) is 11.0. The van der Waals surface area contributed by atoms with Crippen LogP contribution < -0.4 is 5.32 Å². The molecule has 0 aliphatic carbocycles. The zero-order chi connectivity index (χ0) is 16.8. The third kappa shape index (κ3) is 4.42. The summed E-state index contributed by atoms with van der Waals surface area (Å²) < 4.78 is 0. The Hall–Kier alpha value is -3.13. The SMILES string of the molecule is Cc1ccc(NC(=O)CN(C)C(=O)c2ccc(C#N)cc2)cc1. The Morgan fingerprint density at radius 1 is 1.09 bits per heavy atom. The van der Waals surface area contributed by atoms with Crippen molar-refractivity contribution in [3.63, 3.8) is 0 Å². The second-order valence-electron chi connectivity index (χ2n) is 5.26. The molecule has 0 atom stereocenters. The van der Waals surface area contributed by atoms with Crippen LogP contribution >= 0.6 is 0 Å². The molecular weight excluding hydrogens is 290 g/mol. The number of likely N-dealkylation sites (N-methyl/N-ethyl adjacent to an activating group) is 1. The lowest BCUT2D eigenvalue weighted by atomic mass is 10.1. The lowest BCUT2D eigenvalue weighted by Crippen LogP contribution is -2.34. The molecule has 0 spiro atoms. The number of nitrogens with one attached hydrogen (secondary N) is 1. The zero-order valence-corrected chi connectivity index (χ0v) is 13.0. The van der Waals surface area contributed by atoms with E-state index in [1.54, 1.807) is 31.3 Å². The van der Waals surface area contributed by atoms with Crippen LogP contribution in [0.5, 0.6) is 0 Å². The van der Waals surface area contributed by atoms with Crippen LogP contribution in [0.25, 0.3) is 0 Å². The molecule has 2 rings (SSSR count). The summed E-state index contributed by atoms with van der Waals surface area (Å²) in [5.74, 6) is -0.535. The first-order valence-corrected chi connectivity index (χ1v) is 7.12. The quantitative estimate of drug-likeness (QED) is 0.943. The maximum Gasteiger partial charge on any atom is 0.254 e. The van der Waals surface area contributed by atoms with E-state index in [4.69, 9.17) is 5.26 Å². The second kappa shape index (κ2) is 7.23. The lowest BCUT2D eigenvalue weighted by Gasteiger charge is -2.17. The van der Waals surface area contributed by atoms with Gasteiger partial charge in [-0.1, -0.05) is 17.7 Å². The molecule has 2 amide bonds. The van der Waals surface area contributed by atoms with Gasteiger partial charge in [-0.15, -0.1) is 0 Å². The van der Waals surface area contributed by atoms with E-state index in [9.17, 15) is 9.59 Å². The second-order valence-corrected chi connectivity index (χ2v) is 5.26. The molecule has 0 heterocycles. The first-order valence-electron chi connectivity index (χ1n) is 7.12. The molecule has 0 fully saturated rings. The van der Waals surface area contributed by atoms with Gasteiger partial charge in [0.1, 0.15) is 0 Å². The van der Waals surface area contributed by atoms with Gasteiger partial charge in [-0.05, 0) is 43.3 Å². The Labute approximate surface area is 135 Å². The molecule has 0 aliphatic rings. The number of rotatable bonds is 4. The van der Waals surface area contributed by atoms with E-state index in [1.165, 1.54) is 4.90 Å². The highest BCUT2D eigenvalue weighted by Crippen LogP contribution is 2.09. The van der Waals surface area contributed by atoms with Gasteiger partial charge in [0.2, 0.25) is 5.91 Å². The van der Waals surface area contributed by atoms with Crippen LogP contribution in [0.15, 0.2) is 48.5 Å². The predicted octanol–water partition coefficient (Wildman–Crippen LogP) is 2.58. The summed E-state index contributed by atoms with van der Waals surface area (Å²) in [6.45, 7) is 1.92. The number of hydrogen-bond donors (Lipinski definition) is 1. The minimum Gasteiger partial charge on any atom is -0.332 e. The number of carbonyl (C=O) groups is 2. The summed E-state index contributed by atoms with van der Waals surface area (Å²) in [7, 11) is 1.56.